The molecule has 9 N–H and O–H groups in total. The highest BCUT2D eigenvalue weighted by atomic mass is 32.2. The van der Waals surface area contributed by atoms with Crippen molar-refractivity contribution in [1.29, 1.82) is 0 Å². The zero-order chi connectivity index (χ0) is 28.2. The van der Waals surface area contributed by atoms with E-state index >= 15 is 0 Å². The fourth-order valence-corrected chi connectivity index (χ4v) is 4.16. The number of aromatic amines is 3. The van der Waals surface area contributed by atoms with Crippen molar-refractivity contribution in [3.8, 4) is 0 Å². The molecule has 0 spiro atoms. The second-order valence-corrected chi connectivity index (χ2v) is 9.74. The van der Waals surface area contributed by atoms with Gasteiger partial charge in [0.2, 0.25) is 17.7 Å². The molecule has 0 saturated carbocycles. The van der Waals surface area contributed by atoms with Crippen molar-refractivity contribution in [2.75, 3.05) is 12.0 Å². The quantitative estimate of drug-likeness (QED) is 0.101. The third-order valence-corrected chi connectivity index (χ3v) is 6.42. The first-order chi connectivity index (χ1) is 18.8. The second kappa shape index (κ2) is 14.7. The first kappa shape index (κ1) is 29.4. The van der Waals surface area contributed by atoms with Crippen LogP contribution in [0.25, 0.3) is 0 Å². The monoisotopic (exact) mass is 560 g/mol. The van der Waals surface area contributed by atoms with Crippen molar-refractivity contribution in [1.82, 2.24) is 45.9 Å². The van der Waals surface area contributed by atoms with Crippen LogP contribution in [-0.2, 0) is 38.4 Å². The van der Waals surface area contributed by atoms with Gasteiger partial charge in [-0.15, -0.1) is 0 Å². The molecule has 39 heavy (non-hydrogen) atoms. The topological polar surface area (TPSA) is 237 Å². The second-order valence-electron chi connectivity index (χ2n) is 8.75. The van der Waals surface area contributed by atoms with Gasteiger partial charge < -0.3 is 41.7 Å². The molecule has 0 bridgehead atoms. The molecule has 0 aromatic carbocycles. The summed E-state index contributed by atoms with van der Waals surface area (Å²) in [7, 11) is 0. The smallest absolute Gasteiger partial charge is 0.326 e. The maximum Gasteiger partial charge on any atom is 0.326 e. The summed E-state index contributed by atoms with van der Waals surface area (Å²) < 4.78 is 0. The van der Waals surface area contributed by atoms with Crippen molar-refractivity contribution < 1.29 is 24.3 Å². The van der Waals surface area contributed by atoms with E-state index < -0.39 is 47.9 Å². The predicted molar refractivity (Wildman–Crippen MR) is 141 cm³/mol. The number of imidazole rings is 3. The molecule has 0 aliphatic rings. The van der Waals surface area contributed by atoms with Crippen LogP contribution in [0.15, 0.2) is 37.6 Å². The van der Waals surface area contributed by atoms with E-state index in [0.29, 0.717) is 22.8 Å². The summed E-state index contributed by atoms with van der Waals surface area (Å²) in [5, 5.41) is 17.4. The minimum Gasteiger partial charge on any atom is -0.480 e. The van der Waals surface area contributed by atoms with Crippen LogP contribution in [0.5, 0.6) is 0 Å². The number of amides is 3. The Morgan fingerprint density at radius 1 is 0.795 bits per heavy atom. The lowest BCUT2D eigenvalue weighted by Crippen LogP contribution is -2.58. The lowest BCUT2D eigenvalue weighted by Gasteiger charge is -2.25. The maximum absolute atomic E-state index is 13.4. The van der Waals surface area contributed by atoms with Gasteiger partial charge in [0.15, 0.2) is 0 Å². The van der Waals surface area contributed by atoms with Crippen LogP contribution in [0.3, 0.4) is 0 Å². The fourth-order valence-electron chi connectivity index (χ4n) is 3.69. The molecule has 3 heterocycles. The average Bonchev–Trinajstić information content (AvgIpc) is 3.70. The summed E-state index contributed by atoms with van der Waals surface area (Å²) in [5.41, 5.74) is 7.81. The number of hydrogen-bond acceptors (Lipinski definition) is 9. The van der Waals surface area contributed by atoms with E-state index in [1.807, 2.05) is 6.26 Å². The molecular weight excluding hydrogens is 528 g/mol. The third-order valence-electron chi connectivity index (χ3n) is 5.78. The fraction of sp³-hybridized carbons (Fsp3) is 0.435. The molecule has 3 aromatic heterocycles. The molecule has 3 amide bonds. The van der Waals surface area contributed by atoms with Gasteiger partial charge in [-0.05, 0) is 18.4 Å². The molecule has 210 valence electrons. The van der Waals surface area contributed by atoms with Gasteiger partial charge in [0.1, 0.15) is 18.1 Å². The number of nitrogens with one attached hydrogen (secondary N) is 6. The Kier molecular flexibility index (Phi) is 11.1. The maximum atomic E-state index is 13.4. The first-order valence-electron chi connectivity index (χ1n) is 12.1. The molecule has 15 nitrogen and oxygen atoms in total. The van der Waals surface area contributed by atoms with Gasteiger partial charge in [-0.1, -0.05) is 0 Å². The number of hydrogen-bond donors (Lipinski definition) is 8. The third kappa shape index (κ3) is 9.26. The van der Waals surface area contributed by atoms with Crippen molar-refractivity contribution in [2.24, 2.45) is 5.73 Å². The van der Waals surface area contributed by atoms with Gasteiger partial charge in [-0.2, -0.15) is 11.8 Å². The van der Waals surface area contributed by atoms with Gasteiger partial charge in [0, 0.05) is 54.9 Å². The molecule has 4 unspecified atom stereocenters. The summed E-state index contributed by atoms with van der Waals surface area (Å²) in [5.74, 6) is -2.59. The van der Waals surface area contributed by atoms with Gasteiger partial charge in [0.25, 0.3) is 0 Å². The number of aliphatic carboxylic acids is 1. The van der Waals surface area contributed by atoms with Gasteiger partial charge in [-0.25, -0.2) is 19.7 Å². The normalized spacial score (nSPS) is 14.1. The molecule has 0 aliphatic heterocycles. The van der Waals surface area contributed by atoms with E-state index in [1.165, 1.54) is 43.1 Å². The SMILES string of the molecule is CSCCC(NC(=O)C(Cc1cnc[nH]1)NC(=O)C(Cc1cnc[nH]1)NC(=O)C(N)Cc1cnc[nH]1)C(=O)O. The summed E-state index contributed by atoms with van der Waals surface area (Å²) in [6, 6.07) is -4.38. The molecule has 0 fully saturated rings. The van der Waals surface area contributed by atoms with Crippen LogP contribution in [0.4, 0.5) is 0 Å². The van der Waals surface area contributed by atoms with Crippen LogP contribution in [0, 0.1) is 0 Å². The summed E-state index contributed by atoms with van der Waals surface area (Å²) in [6.07, 6.45) is 11.1. The summed E-state index contributed by atoms with van der Waals surface area (Å²) in [6.45, 7) is 0. The zero-order valence-corrected chi connectivity index (χ0v) is 22.0. The highest BCUT2D eigenvalue weighted by molar-refractivity contribution is 7.98. The van der Waals surface area contributed by atoms with Crippen molar-refractivity contribution in [2.45, 2.75) is 49.9 Å². The largest absolute Gasteiger partial charge is 0.480 e. The highest BCUT2D eigenvalue weighted by Crippen LogP contribution is 2.07. The Morgan fingerprint density at radius 3 is 1.64 bits per heavy atom. The van der Waals surface area contributed by atoms with E-state index in [1.54, 1.807) is 6.20 Å². The molecule has 4 atom stereocenters. The molecule has 0 saturated heterocycles. The predicted octanol–water partition coefficient (Wildman–Crippen LogP) is -1.50. The van der Waals surface area contributed by atoms with E-state index in [-0.39, 0.29) is 25.7 Å². The Balaban J connectivity index is 1.75. The number of nitrogens with zero attached hydrogens (tertiary/aromatic N) is 3. The van der Waals surface area contributed by atoms with Crippen molar-refractivity contribution in [3.63, 3.8) is 0 Å². The number of H-pyrrole nitrogens is 3. The number of carbonyl (C=O) groups excluding carboxylic acids is 3. The number of thioether (sulfide) groups is 1. The highest BCUT2D eigenvalue weighted by Gasteiger charge is 2.31. The van der Waals surface area contributed by atoms with Crippen molar-refractivity contribution in [3.05, 3.63) is 54.7 Å². The Labute approximate surface area is 227 Å². The van der Waals surface area contributed by atoms with Gasteiger partial charge in [-0.3, -0.25) is 14.4 Å². The summed E-state index contributed by atoms with van der Waals surface area (Å²) in [4.78, 5) is 71.6. The molecule has 16 heteroatoms. The van der Waals surface area contributed by atoms with E-state index in [9.17, 15) is 24.3 Å². The van der Waals surface area contributed by atoms with E-state index in [2.05, 4.69) is 45.9 Å². The summed E-state index contributed by atoms with van der Waals surface area (Å²) >= 11 is 1.45. The average molecular weight is 561 g/mol. The van der Waals surface area contributed by atoms with Crippen LogP contribution in [0.2, 0.25) is 0 Å². The Bertz CT molecular complexity index is 1190. The van der Waals surface area contributed by atoms with E-state index in [0.717, 1.165) is 0 Å². The number of nitrogens with two attached hydrogens (primary N) is 1. The van der Waals surface area contributed by atoms with Crippen LogP contribution >= 0.6 is 11.8 Å². The lowest BCUT2D eigenvalue weighted by molar-refractivity contribution is -0.142. The van der Waals surface area contributed by atoms with E-state index in [4.69, 9.17) is 5.73 Å². The Morgan fingerprint density at radius 2 is 1.23 bits per heavy atom. The first-order valence-corrected chi connectivity index (χ1v) is 13.5. The molecular formula is C23H32N10O5S. The molecule has 0 aliphatic carbocycles. The molecule has 0 radical (unpaired) electrons. The molecule has 3 rings (SSSR count). The number of aromatic nitrogens is 6. The number of carboxylic acids is 1. The zero-order valence-electron chi connectivity index (χ0n) is 21.2. The van der Waals surface area contributed by atoms with Crippen molar-refractivity contribution >= 4 is 35.5 Å². The van der Waals surface area contributed by atoms with Crippen LogP contribution in [0.1, 0.15) is 23.5 Å². The van der Waals surface area contributed by atoms with Gasteiger partial charge in [0.05, 0.1) is 25.0 Å². The molecule has 3 aromatic rings. The number of rotatable bonds is 16. The van der Waals surface area contributed by atoms with Crippen LogP contribution in [-0.4, -0.2) is 94.9 Å². The Hall–Kier alpha value is -4.18. The van der Waals surface area contributed by atoms with Gasteiger partial charge >= 0.3 is 5.97 Å². The lowest BCUT2D eigenvalue weighted by atomic mass is 10.1. The van der Waals surface area contributed by atoms with Crippen LogP contribution < -0.4 is 21.7 Å². The number of carbonyl (C=O) groups is 4. The minimum absolute atomic E-state index is 0.0104. The number of carboxylic acid groups (broad SMARTS) is 1. The standard InChI is InChI=1S/C23H32N10O5S/c1-39-3-2-17(23(37)38)31-21(35)19(6-15-9-27-12-30-15)33-22(36)18(5-14-8-26-11-29-14)32-20(34)16(24)4-13-7-25-10-28-13/h7-12,16-19H,2-6,24H2,1H3,(H,25,28)(H,26,29)(H,27,30)(H,31,35)(H,32,34)(H,33,36)(H,37,38). The minimum atomic E-state index is -1.18.